The normalized spacial score (nSPS) is 22.4. The van der Waals surface area contributed by atoms with Crippen molar-refractivity contribution in [2.24, 2.45) is 0 Å². The van der Waals surface area contributed by atoms with Crippen LogP contribution >= 0.6 is 22.9 Å². The topological polar surface area (TPSA) is 42.4 Å². The monoisotopic (exact) mass is 281 g/mol. The number of thiazole rings is 1. The van der Waals surface area contributed by atoms with E-state index < -0.39 is 6.10 Å². The Balaban J connectivity index is 1.94. The Bertz CT molecular complexity index is 584. The number of nitrogens with zero attached hydrogens (tertiary/aromatic N) is 1. The zero-order chi connectivity index (χ0) is 12.7. The van der Waals surface area contributed by atoms with E-state index in [1.54, 1.807) is 29.5 Å². The van der Waals surface area contributed by atoms with E-state index in [2.05, 4.69) is 4.98 Å². The Kier molecular flexibility index (Phi) is 3.01. The second-order valence-corrected chi connectivity index (χ2v) is 5.83. The van der Waals surface area contributed by atoms with Gasteiger partial charge in [-0.1, -0.05) is 11.6 Å². The summed E-state index contributed by atoms with van der Waals surface area (Å²) in [7, 11) is 0. The molecule has 94 valence electrons. The highest BCUT2D eigenvalue weighted by Gasteiger charge is 2.29. The van der Waals surface area contributed by atoms with E-state index in [0.29, 0.717) is 17.2 Å². The predicted molar refractivity (Wildman–Crippen MR) is 71.2 cm³/mol. The summed E-state index contributed by atoms with van der Waals surface area (Å²) in [5.74, 6) is 0.689. The van der Waals surface area contributed by atoms with Gasteiger partial charge in [-0.25, -0.2) is 4.98 Å². The predicted octanol–water partition coefficient (Wildman–Crippen LogP) is 3.66. The van der Waals surface area contributed by atoms with Gasteiger partial charge in [0.1, 0.15) is 11.9 Å². The molecule has 1 aromatic carbocycles. The summed E-state index contributed by atoms with van der Waals surface area (Å²) in [5.41, 5.74) is 1.64. The molecule has 0 saturated heterocycles. The molecule has 0 radical (unpaired) electrons. The highest BCUT2D eigenvalue weighted by atomic mass is 35.5. The third kappa shape index (κ3) is 2.11. The van der Waals surface area contributed by atoms with Gasteiger partial charge in [0.05, 0.1) is 16.8 Å². The summed E-state index contributed by atoms with van der Waals surface area (Å²) in [4.78, 5) is 4.42. The van der Waals surface area contributed by atoms with Crippen molar-refractivity contribution in [2.75, 3.05) is 0 Å². The van der Waals surface area contributed by atoms with E-state index in [0.717, 1.165) is 16.3 Å². The van der Waals surface area contributed by atoms with Crippen molar-refractivity contribution in [2.45, 2.75) is 25.6 Å². The quantitative estimate of drug-likeness (QED) is 0.867. The molecule has 5 heteroatoms. The van der Waals surface area contributed by atoms with Gasteiger partial charge < -0.3 is 9.84 Å². The minimum absolute atomic E-state index is 0.182. The van der Waals surface area contributed by atoms with Gasteiger partial charge in [0, 0.05) is 22.4 Å². The van der Waals surface area contributed by atoms with Crippen LogP contribution in [0.3, 0.4) is 0 Å². The first-order valence-corrected chi connectivity index (χ1v) is 6.95. The second kappa shape index (κ2) is 4.53. The smallest absolute Gasteiger partial charge is 0.144 e. The van der Waals surface area contributed by atoms with Crippen LogP contribution in [-0.2, 0) is 0 Å². The summed E-state index contributed by atoms with van der Waals surface area (Å²) in [5, 5.41) is 13.8. The first kappa shape index (κ1) is 12.0. The number of ether oxygens (including phenoxy) is 1. The van der Waals surface area contributed by atoms with E-state index in [9.17, 15) is 5.11 Å². The summed E-state index contributed by atoms with van der Waals surface area (Å²) in [6.07, 6.45) is -0.227. The fourth-order valence-corrected chi connectivity index (χ4v) is 2.96. The number of aryl methyl sites for hydroxylation is 1. The number of hydrogen-bond acceptors (Lipinski definition) is 4. The van der Waals surface area contributed by atoms with Gasteiger partial charge >= 0.3 is 0 Å². The molecule has 1 N–H and O–H groups in total. The molecule has 0 bridgehead atoms. The van der Waals surface area contributed by atoms with Crippen molar-refractivity contribution in [3.8, 4) is 5.75 Å². The fraction of sp³-hybridized carbons (Fsp3) is 0.308. The zero-order valence-corrected chi connectivity index (χ0v) is 11.3. The fourth-order valence-electron chi connectivity index (χ4n) is 2.13. The number of aromatic nitrogens is 1. The summed E-state index contributed by atoms with van der Waals surface area (Å²) >= 11 is 7.51. The van der Waals surface area contributed by atoms with Crippen molar-refractivity contribution in [3.63, 3.8) is 0 Å². The molecule has 3 nitrogen and oxygen atoms in total. The highest BCUT2D eigenvalue weighted by Crippen LogP contribution is 2.41. The van der Waals surface area contributed by atoms with Gasteiger partial charge in [0.2, 0.25) is 0 Å². The van der Waals surface area contributed by atoms with Gasteiger partial charge in [-0.15, -0.1) is 11.3 Å². The van der Waals surface area contributed by atoms with Crippen LogP contribution in [0, 0.1) is 6.92 Å². The van der Waals surface area contributed by atoms with Gasteiger partial charge in [0.25, 0.3) is 0 Å². The first-order chi connectivity index (χ1) is 8.63. The number of hydrogen-bond donors (Lipinski definition) is 1. The van der Waals surface area contributed by atoms with E-state index in [1.807, 2.05) is 12.3 Å². The third-order valence-electron chi connectivity index (χ3n) is 3.00. The maximum Gasteiger partial charge on any atom is 0.144 e. The molecule has 2 atom stereocenters. The highest BCUT2D eigenvalue weighted by molar-refractivity contribution is 7.09. The SMILES string of the molecule is Cc1nc(C2C[C@@H](O)c3cc(Cl)ccc3O2)cs1. The lowest BCUT2D eigenvalue weighted by molar-refractivity contribution is 0.0639. The van der Waals surface area contributed by atoms with E-state index in [-0.39, 0.29) is 6.10 Å². The average molecular weight is 282 g/mol. The maximum absolute atomic E-state index is 10.2. The Labute approximate surface area is 114 Å². The third-order valence-corrected chi connectivity index (χ3v) is 4.03. The van der Waals surface area contributed by atoms with Gasteiger partial charge in [-0.3, -0.25) is 0 Å². The molecular formula is C13H12ClNO2S. The van der Waals surface area contributed by atoms with Crippen molar-refractivity contribution in [3.05, 3.63) is 44.9 Å². The number of benzene rings is 1. The molecule has 0 aliphatic carbocycles. The molecule has 1 aliphatic heterocycles. The Morgan fingerprint density at radius 3 is 3.06 bits per heavy atom. The first-order valence-electron chi connectivity index (χ1n) is 5.69. The van der Waals surface area contributed by atoms with Crippen LogP contribution in [0.5, 0.6) is 5.75 Å². The average Bonchev–Trinajstić information content (AvgIpc) is 2.77. The van der Waals surface area contributed by atoms with Gasteiger partial charge in [0.15, 0.2) is 0 Å². The van der Waals surface area contributed by atoms with Crippen molar-refractivity contribution in [1.29, 1.82) is 0 Å². The lowest BCUT2D eigenvalue weighted by Gasteiger charge is -2.28. The molecule has 3 rings (SSSR count). The Morgan fingerprint density at radius 1 is 1.50 bits per heavy atom. The molecular weight excluding hydrogens is 270 g/mol. The number of rotatable bonds is 1. The van der Waals surface area contributed by atoms with Gasteiger partial charge in [-0.2, -0.15) is 0 Å². The number of halogens is 1. The Hall–Kier alpha value is -1.10. The largest absolute Gasteiger partial charge is 0.484 e. The van der Waals surface area contributed by atoms with Crippen LogP contribution in [0.2, 0.25) is 5.02 Å². The zero-order valence-electron chi connectivity index (χ0n) is 9.76. The summed E-state index contributed by atoms with van der Waals surface area (Å²) in [6, 6.07) is 5.32. The van der Waals surface area contributed by atoms with E-state index in [4.69, 9.17) is 16.3 Å². The molecule has 1 aliphatic rings. The molecule has 2 aromatic rings. The minimum Gasteiger partial charge on any atom is -0.484 e. The van der Waals surface area contributed by atoms with Crippen LogP contribution in [0.1, 0.15) is 34.9 Å². The second-order valence-electron chi connectivity index (χ2n) is 4.33. The molecule has 0 amide bonds. The number of fused-ring (bicyclic) bond motifs is 1. The maximum atomic E-state index is 10.2. The molecule has 18 heavy (non-hydrogen) atoms. The van der Waals surface area contributed by atoms with E-state index in [1.165, 1.54) is 0 Å². The lowest BCUT2D eigenvalue weighted by atomic mass is 9.98. The van der Waals surface area contributed by atoms with Crippen molar-refractivity contribution >= 4 is 22.9 Å². The summed E-state index contributed by atoms with van der Waals surface area (Å²) in [6.45, 7) is 1.96. The molecule has 1 aromatic heterocycles. The lowest BCUT2D eigenvalue weighted by Crippen LogP contribution is -2.19. The molecule has 0 fully saturated rings. The van der Waals surface area contributed by atoms with Crippen LogP contribution in [-0.4, -0.2) is 10.1 Å². The number of aliphatic hydroxyl groups excluding tert-OH is 1. The minimum atomic E-state index is -0.556. The molecule has 0 saturated carbocycles. The molecule has 1 unspecified atom stereocenters. The van der Waals surface area contributed by atoms with Crippen LogP contribution in [0.25, 0.3) is 0 Å². The standard InChI is InChI=1S/C13H12ClNO2S/c1-7-15-10(6-18-7)13-5-11(16)9-4-8(14)2-3-12(9)17-13/h2-4,6,11,13,16H,5H2,1H3/t11-,13?/m1/s1. The van der Waals surface area contributed by atoms with Crippen molar-refractivity contribution < 1.29 is 9.84 Å². The van der Waals surface area contributed by atoms with Crippen LogP contribution in [0.15, 0.2) is 23.6 Å². The number of aliphatic hydroxyl groups is 1. The van der Waals surface area contributed by atoms with Crippen LogP contribution in [0.4, 0.5) is 0 Å². The summed E-state index contributed by atoms with van der Waals surface area (Å²) < 4.78 is 5.88. The molecule has 0 spiro atoms. The van der Waals surface area contributed by atoms with Gasteiger partial charge in [-0.05, 0) is 25.1 Å². The molecule has 2 heterocycles. The Morgan fingerprint density at radius 2 is 2.33 bits per heavy atom. The van der Waals surface area contributed by atoms with Crippen molar-refractivity contribution in [1.82, 2.24) is 4.98 Å². The van der Waals surface area contributed by atoms with E-state index >= 15 is 0 Å². The van der Waals surface area contributed by atoms with Crippen LogP contribution < -0.4 is 4.74 Å².